The lowest BCUT2D eigenvalue weighted by atomic mass is 10.0. The van der Waals surface area contributed by atoms with Gasteiger partial charge in [0.2, 0.25) is 6.79 Å². The summed E-state index contributed by atoms with van der Waals surface area (Å²) in [7, 11) is 0. The molecule has 29 heavy (non-hydrogen) atoms. The number of benzene rings is 3. The van der Waals surface area contributed by atoms with Crippen molar-refractivity contribution in [3.8, 4) is 11.5 Å². The van der Waals surface area contributed by atoms with Gasteiger partial charge in [-0.25, -0.2) is 4.39 Å². The minimum absolute atomic E-state index is 0.170. The van der Waals surface area contributed by atoms with Gasteiger partial charge in [0, 0.05) is 17.8 Å². The van der Waals surface area contributed by atoms with Crippen LogP contribution >= 0.6 is 11.6 Å². The van der Waals surface area contributed by atoms with Gasteiger partial charge in [-0.2, -0.15) is 0 Å². The van der Waals surface area contributed by atoms with Gasteiger partial charge < -0.3 is 19.7 Å². The lowest BCUT2D eigenvalue weighted by Gasteiger charge is -2.38. The van der Waals surface area contributed by atoms with Crippen molar-refractivity contribution in [1.29, 1.82) is 0 Å². The third kappa shape index (κ3) is 3.06. The first kappa shape index (κ1) is 17.8. The second-order valence-corrected chi connectivity index (χ2v) is 7.26. The summed E-state index contributed by atoms with van der Waals surface area (Å²) in [6.45, 7) is 0.413. The Balaban J connectivity index is 1.58. The number of carbonyl (C=O) groups excluding carboxylic acids is 1. The molecule has 5 rings (SSSR count). The van der Waals surface area contributed by atoms with Crippen molar-refractivity contribution in [2.45, 2.75) is 12.7 Å². The van der Waals surface area contributed by atoms with Gasteiger partial charge in [-0.05, 0) is 42.0 Å². The molecule has 5 nitrogen and oxygen atoms in total. The Bertz CT molecular complexity index is 1100. The highest BCUT2D eigenvalue weighted by Gasteiger charge is 2.35. The first-order valence-corrected chi connectivity index (χ1v) is 9.48. The van der Waals surface area contributed by atoms with Gasteiger partial charge in [-0.3, -0.25) is 4.79 Å². The molecule has 0 unspecified atom stereocenters. The number of ether oxygens (including phenoxy) is 2. The summed E-state index contributed by atoms with van der Waals surface area (Å²) in [5.74, 6) is 0.607. The molecule has 7 heteroatoms. The average molecular weight is 411 g/mol. The van der Waals surface area contributed by atoms with E-state index in [9.17, 15) is 9.18 Å². The highest BCUT2D eigenvalue weighted by molar-refractivity contribution is 6.31. The van der Waals surface area contributed by atoms with E-state index in [2.05, 4.69) is 5.32 Å². The molecule has 1 amide bonds. The molecule has 0 radical (unpaired) electrons. The van der Waals surface area contributed by atoms with E-state index in [1.807, 2.05) is 18.2 Å². The maximum absolute atomic E-state index is 14.7. The van der Waals surface area contributed by atoms with E-state index < -0.39 is 12.0 Å². The topological polar surface area (TPSA) is 50.8 Å². The molecule has 146 valence electrons. The van der Waals surface area contributed by atoms with E-state index in [1.54, 1.807) is 41.3 Å². The normalized spacial score (nSPS) is 17.1. The number of anilines is 1. The van der Waals surface area contributed by atoms with Crippen LogP contribution in [0.1, 0.15) is 27.7 Å². The second kappa shape index (κ2) is 6.97. The average Bonchev–Trinajstić information content (AvgIpc) is 3.18. The van der Waals surface area contributed by atoms with Gasteiger partial charge in [0.05, 0.1) is 10.6 Å². The van der Waals surface area contributed by atoms with E-state index in [1.165, 1.54) is 6.07 Å². The largest absolute Gasteiger partial charge is 0.454 e. The van der Waals surface area contributed by atoms with Crippen LogP contribution in [-0.4, -0.2) is 17.6 Å². The van der Waals surface area contributed by atoms with Crippen molar-refractivity contribution in [1.82, 2.24) is 4.90 Å². The number of hydrogen-bond acceptors (Lipinski definition) is 4. The number of halogens is 2. The number of hydrogen-bond donors (Lipinski definition) is 1. The summed E-state index contributed by atoms with van der Waals surface area (Å²) in [6.07, 6.45) is -0.753. The standard InChI is InChI=1S/C22H16ClFN2O3/c23-15-5-3-6-16(24)20(15)21-25-17-7-2-1-4-14(17)22(27)26(21)11-13-8-9-18-19(10-13)29-12-28-18/h1-10,21,25H,11-12H2/t21-/m0/s1. The second-order valence-electron chi connectivity index (χ2n) is 6.85. The van der Waals surface area contributed by atoms with E-state index in [0.29, 0.717) is 22.7 Å². The summed E-state index contributed by atoms with van der Waals surface area (Å²) in [5.41, 5.74) is 2.24. The van der Waals surface area contributed by atoms with Crippen LogP contribution in [0.5, 0.6) is 11.5 Å². The number of para-hydroxylation sites is 1. The number of nitrogens with one attached hydrogen (secondary N) is 1. The number of nitrogens with zero attached hydrogens (tertiary/aromatic N) is 1. The van der Waals surface area contributed by atoms with Crippen LogP contribution in [0.3, 0.4) is 0 Å². The molecule has 2 heterocycles. The summed E-state index contributed by atoms with van der Waals surface area (Å²) < 4.78 is 25.5. The van der Waals surface area contributed by atoms with E-state index in [0.717, 1.165) is 5.56 Å². The lowest BCUT2D eigenvalue weighted by molar-refractivity contribution is 0.0663. The predicted octanol–water partition coefficient (Wildman–Crippen LogP) is 4.97. The summed E-state index contributed by atoms with van der Waals surface area (Å²) in [6, 6.07) is 17.2. The smallest absolute Gasteiger partial charge is 0.258 e. The van der Waals surface area contributed by atoms with Crippen molar-refractivity contribution in [3.63, 3.8) is 0 Å². The highest BCUT2D eigenvalue weighted by Crippen LogP contribution is 2.39. The van der Waals surface area contributed by atoms with Crippen LogP contribution in [0.25, 0.3) is 0 Å². The maximum Gasteiger partial charge on any atom is 0.258 e. The Labute approximate surface area is 171 Å². The fraction of sp³-hybridized carbons (Fsp3) is 0.136. The predicted molar refractivity (Wildman–Crippen MR) is 107 cm³/mol. The summed E-state index contributed by atoms with van der Waals surface area (Å²) >= 11 is 6.33. The molecule has 0 spiro atoms. The lowest BCUT2D eigenvalue weighted by Crippen LogP contribution is -2.43. The molecule has 2 aliphatic rings. The SMILES string of the molecule is O=C1c2ccccc2N[C@H](c2c(F)cccc2Cl)N1Cc1ccc2c(c1)OCO2. The van der Waals surface area contributed by atoms with Gasteiger partial charge in [-0.1, -0.05) is 35.9 Å². The molecule has 0 saturated carbocycles. The van der Waals surface area contributed by atoms with E-state index >= 15 is 0 Å². The summed E-state index contributed by atoms with van der Waals surface area (Å²) in [5, 5.41) is 3.53. The molecular weight excluding hydrogens is 395 g/mol. The zero-order valence-corrected chi connectivity index (χ0v) is 15.9. The Morgan fingerprint density at radius 1 is 1.07 bits per heavy atom. The van der Waals surface area contributed by atoms with Gasteiger partial charge in [0.1, 0.15) is 12.0 Å². The maximum atomic E-state index is 14.7. The molecule has 1 N–H and O–H groups in total. The van der Waals surface area contributed by atoms with Crippen LogP contribution in [-0.2, 0) is 6.54 Å². The van der Waals surface area contributed by atoms with Crippen LogP contribution in [0.2, 0.25) is 5.02 Å². The van der Waals surface area contributed by atoms with Crippen LogP contribution in [0, 0.1) is 5.82 Å². The highest BCUT2D eigenvalue weighted by atomic mass is 35.5. The van der Waals surface area contributed by atoms with E-state index in [-0.39, 0.29) is 29.8 Å². The third-order valence-electron chi connectivity index (χ3n) is 5.09. The Morgan fingerprint density at radius 3 is 2.76 bits per heavy atom. The minimum Gasteiger partial charge on any atom is -0.454 e. The van der Waals surface area contributed by atoms with Crippen molar-refractivity contribution >= 4 is 23.2 Å². The fourth-order valence-electron chi connectivity index (χ4n) is 3.69. The molecule has 0 aromatic heterocycles. The summed E-state index contributed by atoms with van der Waals surface area (Å²) in [4.78, 5) is 14.9. The van der Waals surface area contributed by atoms with Crippen molar-refractivity contribution in [3.05, 3.63) is 88.2 Å². The van der Waals surface area contributed by atoms with Gasteiger partial charge in [-0.15, -0.1) is 0 Å². The Morgan fingerprint density at radius 2 is 1.90 bits per heavy atom. The zero-order valence-electron chi connectivity index (χ0n) is 15.2. The molecule has 0 saturated heterocycles. The zero-order chi connectivity index (χ0) is 20.0. The minimum atomic E-state index is -0.753. The molecule has 2 aliphatic heterocycles. The monoisotopic (exact) mass is 410 g/mol. The number of rotatable bonds is 3. The Kier molecular flexibility index (Phi) is 4.28. The van der Waals surface area contributed by atoms with Crippen molar-refractivity contribution in [2.24, 2.45) is 0 Å². The first-order chi connectivity index (χ1) is 14.1. The molecule has 0 fully saturated rings. The number of fused-ring (bicyclic) bond motifs is 2. The van der Waals surface area contributed by atoms with Gasteiger partial charge >= 0.3 is 0 Å². The molecule has 3 aromatic carbocycles. The third-order valence-corrected chi connectivity index (χ3v) is 5.41. The fourth-order valence-corrected chi connectivity index (χ4v) is 3.96. The number of carbonyl (C=O) groups is 1. The van der Waals surface area contributed by atoms with E-state index in [4.69, 9.17) is 21.1 Å². The molecule has 3 aromatic rings. The molecule has 0 bridgehead atoms. The van der Waals surface area contributed by atoms with Gasteiger partial charge in [0.25, 0.3) is 5.91 Å². The van der Waals surface area contributed by atoms with Gasteiger partial charge in [0.15, 0.2) is 11.5 Å². The van der Waals surface area contributed by atoms with Crippen LogP contribution < -0.4 is 14.8 Å². The molecule has 1 atom stereocenters. The Hall–Kier alpha value is -3.25. The van der Waals surface area contributed by atoms with Crippen molar-refractivity contribution in [2.75, 3.05) is 12.1 Å². The van der Waals surface area contributed by atoms with Crippen molar-refractivity contribution < 1.29 is 18.7 Å². The molecule has 0 aliphatic carbocycles. The number of amides is 1. The quantitative estimate of drug-likeness (QED) is 0.662. The van der Waals surface area contributed by atoms with Crippen LogP contribution in [0.4, 0.5) is 10.1 Å². The molecular formula is C22H16ClFN2O3. The van der Waals surface area contributed by atoms with Crippen LogP contribution in [0.15, 0.2) is 60.7 Å². The first-order valence-electron chi connectivity index (χ1n) is 9.11.